The number of carbonyl (C=O) groups is 2. The average molecular weight is 197 g/mol. The highest BCUT2D eigenvalue weighted by Crippen LogP contribution is 2.14. The van der Waals surface area contributed by atoms with Gasteiger partial charge in [0.25, 0.3) is 0 Å². The molecule has 1 aromatic heterocycles. The van der Waals surface area contributed by atoms with Gasteiger partial charge < -0.3 is 5.11 Å². The van der Waals surface area contributed by atoms with Crippen LogP contribution in [0.1, 0.15) is 16.1 Å². The van der Waals surface area contributed by atoms with E-state index in [1.54, 1.807) is 0 Å². The first-order valence-corrected chi connectivity index (χ1v) is 3.93. The zero-order valence-corrected chi connectivity index (χ0v) is 7.49. The van der Waals surface area contributed by atoms with Crippen molar-refractivity contribution < 1.29 is 14.7 Å². The first-order chi connectivity index (χ1) is 6.13. The predicted octanol–water partition coefficient (Wildman–Crippen LogP) is 0.599. The van der Waals surface area contributed by atoms with Crippen molar-refractivity contribution in [3.8, 4) is 5.75 Å². The molecule has 1 rings (SSSR count). The molecule has 0 radical (unpaired) electrons. The van der Waals surface area contributed by atoms with Crippen LogP contribution in [-0.4, -0.2) is 21.5 Å². The van der Waals surface area contributed by atoms with Gasteiger partial charge in [-0.1, -0.05) is 0 Å². The Hall–Kier alpha value is -1.36. The molecule has 0 fully saturated rings. The first-order valence-electron chi connectivity index (χ1n) is 3.48. The highest BCUT2D eigenvalue weighted by Gasteiger charge is 2.04. The van der Waals surface area contributed by atoms with Gasteiger partial charge in [0, 0.05) is 5.69 Å². The molecule has 0 aliphatic heterocycles. The largest absolute Gasteiger partial charge is 0.506 e. The van der Waals surface area contributed by atoms with Crippen molar-refractivity contribution in [2.24, 2.45) is 0 Å². The number of aromatic nitrogens is 1. The zero-order valence-electron chi connectivity index (χ0n) is 6.60. The van der Waals surface area contributed by atoms with Gasteiger partial charge in [-0.15, -0.1) is 12.6 Å². The summed E-state index contributed by atoms with van der Waals surface area (Å²) in [5.74, 6) is -0.189. The van der Waals surface area contributed by atoms with E-state index in [1.807, 2.05) is 0 Å². The zero-order chi connectivity index (χ0) is 9.84. The molecule has 0 aliphatic rings. The van der Waals surface area contributed by atoms with Gasteiger partial charge >= 0.3 is 0 Å². The van der Waals surface area contributed by atoms with Gasteiger partial charge in [-0.05, 0) is 6.07 Å². The number of thiol groups is 1. The Balaban J connectivity index is 2.99. The van der Waals surface area contributed by atoms with E-state index >= 15 is 0 Å². The average Bonchev–Trinajstić information content (AvgIpc) is 2.07. The van der Waals surface area contributed by atoms with Gasteiger partial charge in [-0.3, -0.25) is 14.6 Å². The summed E-state index contributed by atoms with van der Waals surface area (Å²) in [6.07, 6.45) is 1.68. The lowest BCUT2D eigenvalue weighted by Crippen LogP contribution is -1.98. The van der Waals surface area contributed by atoms with Gasteiger partial charge in [0.2, 0.25) is 0 Å². The molecule has 5 heteroatoms. The number of hydrogen-bond acceptors (Lipinski definition) is 4. The molecule has 13 heavy (non-hydrogen) atoms. The topological polar surface area (TPSA) is 67.3 Å². The van der Waals surface area contributed by atoms with Crippen LogP contribution in [0.4, 0.5) is 0 Å². The fraction of sp³-hybridized carbons (Fsp3) is 0.125. The van der Waals surface area contributed by atoms with Crippen molar-refractivity contribution in [3.05, 3.63) is 23.5 Å². The van der Waals surface area contributed by atoms with Crippen molar-refractivity contribution in [3.63, 3.8) is 0 Å². The number of rotatable bonds is 3. The Morgan fingerprint density at radius 1 is 1.69 bits per heavy atom. The summed E-state index contributed by atoms with van der Waals surface area (Å²) in [5, 5.41) is 8.73. The monoisotopic (exact) mass is 197 g/mol. The number of aldehydes is 1. The first kappa shape index (κ1) is 9.73. The molecular formula is C8H7NO3S. The van der Waals surface area contributed by atoms with Crippen LogP contribution < -0.4 is 0 Å². The van der Waals surface area contributed by atoms with Crippen LogP contribution in [0, 0.1) is 0 Å². The van der Waals surface area contributed by atoms with E-state index in [1.165, 1.54) is 6.07 Å². The number of nitrogens with zero attached hydrogens (tertiary/aromatic N) is 1. The van der Waals surface area contributed by atoms with Crippen LogP contribution in [0.5, 0.6) is 5.75 Å². The van der Waals surface area contributed by atoms with E-state index in [0.29, 0.717) is 12.0 Å². The predicted molar refractivity (Wildman–Crippen MR) is 49.0 cm³/mol. The van der Waals surface area contributed by atoms with Crippen LogP contribution in [0.3, 0.4) is 0 Å². The molecule has 0 amide bonds. The normalized spacial score (nSPS) is 9.62. The molecule has 1 N–H and O–H groups in total. The Morgan fingerprint density at radius 2 is 2.38 bits per heavy atom. The van der Waals surface area contributed by atoms with Crippen LogP contribution in [-0.2, 0) is 11.2 Å². The summed E-state index contributed by atoms with van der Waals surface area (Å²) >= 11 is 3.57. The van der Waals surface area contributed by atoms with Crippen molar-refractivity contribution in [2.75, 3.05) is 0 Å². The second-order valence-corrected chi connectivity index (χ2v) is 2.92. The lowest BCUT2D eigenvalue weighted by Gasteiger charge is -1.99. The summed E-state index contributed by atoms with van der Waals surface area (Å²) in [4.78, 5) is 24.7. The summed E-state index contributed by atoms with van der Waals surface area (Å²) < 4.78 is 0. The smallest absolute Gasteiger partial charge is 0.191 e. The van der Waals surface area contributed by atoms with E-state index in [0.717, 1.165) is 6.20 Å². The van der Waals surface area contributed by atoms with E-state index in [-0.39, 0.29) is 22.8 Å². The van der Waals surface area contributed by atoms with Crippen LogP contribution in [0.15, 0.2) is 12.3 Å². The number of aromatic hydroxyl groups is 1. The Bertz CT molecular complexity index is 351. The number of pyridine rings is 1. The molecule has 0 unspecified atom stereocenters. The lowest BCUT2D eigenvalue weighted by molar-refractivity contribution is -0.110. The third-order valence-corrected chi connectivity index (χ3v) is 1.59. The second-order valence-electron chi connectivity index (χ2n) is 2.42. The fourth-order valence-corrected chi connectivity index (χ4v) is 1.02. The van der Waals surface area contributed by atoms with Crippen LogP contribution >= 0.6 is 12.6 Å². The van der Waals surface area contributed by atoms with Gasteiger partial charge in [0.15, 0.2) is 11.4 Å². The van der Waals surface area contributed by atoms with E-state index in [2.05, 4.69) is 17.6 Å². The summed E-state index contributed by atoms with van der Waals surface area (Å²) in [5.41, 5.74) is 0.541. The van der Waals surface area contributed by atoms with Crippen LogP contribution in [0.2, 0.25) is 0 Å². The van der Waals surface area contributed by atoms with Gasteiger partial charge in [-0.25, -0.2) is 0 Å². The second kappa shape index (κ2) is 4.04. The molecule has 0 saturated heterocycles. The number of carbonyl (C=O) groups excluding carboxylic acids is 2. The Labute approximate surface area is 80.0 Å². The van der Waals surface area contributed by atoms with Crippen molar-refractivity contribution in [1.82, 2.24) is 4.98 Å². The van der Waals surface area contributed by atoms with Crippen LogP contribution in [0.25, 0.3) is 0 Å². The molecule has 0 saturated carbocycles. The van der Waals surface area contributed by atoms with Gasteiger partial charge in [0.05, 0.1) is 18.2 Å². The van der Waals surface area contributed by atoms with Gasteiger partial charge in [-0.2, -0.15) is 0 Å². The fourth-order valence-electron chi connectivity index (χ4n) is 0.855. The summed E-state index contributed by atoms with van der Waals surface area (Å²) in [6, 6.07) is 1.36. The number of hydrogen-bond donors (Lipinski definition) is 2. The molecule has 68 valence electrons. The highest BCUT2D eigenvalue weighted by atomic mass is 32.1. The lowest BCUT2D eigenvalue weighted by atomic mass is 10.2. The van der Waals surface area contributed by atoms with Gasteiger partial charge in [0.1, 0.15) is 5.75 Å². The molecule has 1 heterocycles. The standard InChI is InChI=1S/C8H7NO3S/c10-4-5-1-6(2-8(12)13)9-3-7(5)11/h1,3-4,11H,2H2,(H,12,13). The van der Waals surface area contributed by atoms with Crippen molar-refractivity contribution in [2.45, 2.75) is 6.42 Å². The third kappa shape index (κ3) is 2.55. The van der Waals surface area contributed by atoms with Crippen molar-refractivity contribution >= 4 is 24.0 Å². The molecular weight excluding hydrogens is 190 g/mol. The minimum absolute atomic E-state index is 0.0459. The van der Waals surface area contributed by atoms with E-state index < -0.39 is 0 Å². The third-order valence-electron chi connectivity index (χ3n) is 1.43. The van der Waals surface area contributed by atoms with E-state index in [4.69, 9.17) is 5.11 Å². The molecule has 0 aromatic carbocycles. The highest BCUT2D eigenvalue weighted by molar-refractivity contribution is 7.96. The van der Waals surface area contributed by atoms with E-state index in [9.17, 15) is 9.59 Å². The maximum absolute atomic E-state index is 10.6. The molecule has 4 nitrogen and oxygen atoms in total. The summed E-state index contributed by atoms with van der Waals surface area (Å²) in [6.45, 7) is 0. The Kier molecular flexibility index (Phi) is 3.02. The molecule has 0 aliphatic carbocycles. The van der Waals surface area contributed by atoms with Crippen molar-refractivity contribution in [1.29, 1.82) is 0 Å². The Morgan fingerprint density at radius 3 is 2.92 bits per heavy atom. The quantitative estimate of drug-likeness (QED) is 0.550. The maximum atomic E-state index is 10.6. The maximum Gasteiger partial charge on any atom is 0.191 e. The molecule has 0 atom stereocenters. The molecule has 0 spiro atoms. The minimum atomic E-state index is -0.338. The SMILES string of the molecule is O=Cc1cc(CC(=O)S)ncc1O. The summed E-state index contributed by atoms with van der Waals surface area (Å²) in [7, 11) is 0. The molecule has 0 bridgehead atoms. The minimum Gasteiger partial charge on any atom is -0.506 e. The molecule has 1 aromatic rings.